The molecule has 0 saturated heterocycles. The minimum absolute atomic E-state index is 0.270. The van der Waals surface area contributed by atoms with Crippen molar-refractivity contribution in [2.24, 2.45) is 0 Å². The molecule has 8 heteroatoms. The van der Waals surface area contributed by atoms with Crippen molar-refractivity contribution in [2.45, 2.75) is 36.7 Å². The molecular weight excluding hydrogens is 233 g/mol. The Bertz CT molecular complexity index is 391. The average Bonchev–Trinajstić information content (AvgIpc) is 2.82. The van der Waals surface area contributed by atoms with Crippen molar-refractivity contribution in [3.63, 3.8) is 0 Å². The van der Waals surface area contributed by atoms with Crippen molar-refractivity contribution < 1.29 is 21.6 Å². The van der Waals surface area contributed by atoms with E-state index in [1.54, 1.807) is 4.72 Å². The minimum atomic E-state index is -4.60. The average molecular weight is 242 g/mol. The first-order valence-electron chi connectivity index (χ1n) is 4.14. The monoisotopic (exact) mass is 242 g/mol. The summed E-state index contributed by atoms with van der Waals surface area (Å²) in [6.45, 7) is 1.04. The molecule has 0 aromatic carbocycles. The van der Waals surface area contributed by atoms with Crippen LogP contribution in [0.4, 0.5) is 13.2 Å². The second kappa shape index (κ2) is 3.35. The molecule has 1 atom stereocenters. The fraction of sp³-hybridized carbons (Fsp3) is 0.857. The first-order chi connectivity index (χ1) is 6.65. The quantitative estimate of drug-likeness (QED) is 0.799. The summed E-state index contributed by atoms with van der Waals surface area (Å²) in [6.07, 6.45) is -5.14. The Kier molecular flexibility index (Phi) is 2.74. The van der Waals surface area contributed by atoms with Crippen LogP contribution in [0.2, 0.25) is 0 Å². The van der Waals surface area contributed by atoms with Gasteiger partial charge in [0.2, 0.25) is 10.0 Å². The number of nitriles is 1. The molecule has 0 aliphatic heterocycles. The van der Waals surface area contributed by atoms with Gasteiger partial charge in [0, 0.05) is 0 Å². The van der Waals surface area contributed by atoms with Gasteiger partial charge in [-0.1, -0.05) is 0 Å². The topological polar surface area (TPSA) is 70.0 Å². The molecule has 0 aromatic heterocycles. The molecule has 0 radical (unpaired) electrons. The molecule has 1 aliphatic carbocycles. The molecule has 1 rings (SSSR count). The van der Waals surface area contributed by atoms with Gasteiger partial charge in [-0.15, -0.1) is 0 Å². The Morgan fingerprint density at radius 1 is 1.47 bits per heavy atom. The SMILES string of the molecule is CC(C#N)S(=O)(=O)NC1(C(F)(F)F)CC1. The van der Waals surface area contributed by atoms with Crippen molar-refractivity contribution in [2.75, 3.05) is 0 Å². The molecule has 4 nitrogen and oxygen atoms in total. The maximum Gasteiger partial charge on any atom is 0.407 e. The highest BCUT2D eigenvalue weighted by Gasteiger charge is 2.65. The summed E-state index contributed by atoms with van der Waals surface area (Å²) in [5.74, 6) is 0. The van der Waals surface area contributed by atoms with Gasteiger partial charge >= 0.3 is 6.18 Å². The largest absolute Gasteiger partial charge is 0.407 e. The molecule has 86 valence electrons. The molecule has 0 aromatic rings. The predicted octanol–water partition coefficient (Wildman–Crippen LogP) is 0.913. The Morgan fingerprint density at radius 2 is 1.93 bits per heavy atom. The first-order valence-corrected chi connectivity index (χ1v) is 5.68. The molecule has 1 N–H and O–H groups in total. The van der Waals surface area contributed by atoms with Crippen molar-refractivity contribution >= 4 is 10.0 Å². The molecule has 0 amide bonds. The smallest absolute Gasteiger partial charge is 0.211 e. The number of halogens is 3. The third-order valence-corrected chi connectivity index (χ3v) is 3.99. The summed E-state index contributed by atoms with van der Waals surface area (Å²) < 4.78 is 61.2. The van der Waals surface area contributed by atoms with Crippen LogP contribution in [0.15, 0.2) is 0 Å². The number of nitrogens with one attached hydrogen (secondary N) is 1. The maximum atomic E-state index is 12.4. The van der Waals surface area contributed by atoms with Crippen LogP contribution in [-0.2, 0) is 10.0 Å². The van der Waals surface area contributed by atoms with Crippen LogP contribution in [0.1, 0.15) is 19.8 Å². The van der Waals surface area contributed by atoms with Crippen LogP contribution in [0.25, 0.3) is 0 Å². The van der Waals surface area contributed by atoms with Crippen LogP contribution >= 0.6 is 0 Å². The molecule has 1 aliphatic rings. The molecule has 0 spiro atoms. The van der Waals surface area contributed by atoms with E-state index < -0.39 is 27.0 Å². The highest BCUT2D eigenvalue weighted by molar-refractivity contribution is 7.90. The number of hydrogen-bond donors (Lipinski definition) is 1. The van der Waals surface area contributed by atoms with Gasteiger partial charge in [-0.2, -0.15) is 23.2 Å². The van der Waals surface area contributed by atoms with E-state index in [-0.39, 0.29) is 12.8 Å². The summed E-state index contributed by atoms with van der Waals surface area (Å²) in [6, 6.07) is 1.39. The van der Waals surface area contributed by atoms with E-state index in [1.165, 1.54) is 6.07 Å². The maximum absolute atomic E-state index is 12.4. The Labute approximate surface area is 85.1 Å². The van der Waals surface area contributed by atoms with Gasteiger partial charge in [-0.3, -0.25) is 0 Å². The van der Waals surface area contributed by atoms with Crippen LogP contribution < -0.4 is 4.72 Å². The van der Waals surface area contributed by atoms with E-state index >= 15 is 0 Å². The third-order valence-electron chi connectivity index (χ3n) is 2.28. The lowest BCUT2D eigenvalue weighted by Gasteiger charge is -2.21. The van der Waals surface area contributed by atoms with E-state index in [0.717, 1.165) is 6.92 Å². The molecular formula is C7H9F3N2O2S. The predicted molar refractivity (Wildman–Crippen MR) is 45.2 cm³/mol. The normalized spacial score (nSPS) is 21.8. The van der Waals surface area contributed by atoms with Crippen molar-refractivity contribution in [3.8, 4) is 6.07 Å². The summed E-state index contributed by atoms with van der Waals surface area (Å²) in [7, 11) is -4.22. The summed E-state index contributed by atoms with van der Waals surface area (Å²) in [4.78, 5) is 0. The number of sulfonamides is 1. The zero-order chi connectivity index (χ0) is 11.9. The van der Waals surface area contributed by atoms with Crippen molar-refractivity contribution in [1.82, 2.24) is 4.72 Å². The van der Waals surface area contributed by atoms with E-state index in [9.17, 15) is 21.6 Å². The molecule has 1 saturated carbocycles. The molecule has 0 bridgehead atoms. The minimum Gasteiger partial charge on any atom is -0.211 e. The van der Waals surface area contributed by atoms with Gasteiger partial charge < -0.3 is 0 Å². The lowest BCUT2D eigenvalue weighted by molar-refractivity contribution is -0.160. The van der Waals surface area contributed by atoms with Gasteiger partial charge in [0.1, 0.15) is 5.54 Å². The highest BCUT2D eigenvalue weighted by Crippen LogP contribution is 2.49. The van der Waals surface area contributed by atoms with E-state index in [4.69, 9.17) is 5.26 Å². The van der Waals surface area contributed by atoms with Crippen molar-refractivity contribution in [1.29, 1.82) is 5.26 Å². The number of nitrogens with zero attached hydrogens (tertiary/aromatic N) is 1. The summed E-state index contributed by atoms with van der Waals surface area (Å²) in [5.41, 5.74) is -2.34. The Morgan fingerprint density at radius 3 is 2.20 bits per heavy atom. The highest BCUT2D eigenvalue weighted by atomic mass is 32.2. The van der Waals surface area contributed by atoms with E-state index in [2.05, 4.69) is 0 Å². The fourth-order valence-electron chi connectivity index (χ4n) is 0.998. The van der Waals surface area contributed by atoms with Crippen LogP contribution in [-0.4, -0.2) is 25.4 Å². The third kappa shape index (κ3) is 2.23. The van der Waals surface area contributed by atoms with Crippen LogP contribution in [0, 0.1) is 11.3 Å². The van der Waals surface area contributed by atoms with Crippen molar-refractivity contribution in [3.05, 3.63) is 0 Å². The zero-order valence-electron chi connectivity index (χ0n) is 7.80. The molecule has 0 heterocycles. The van der Waals surface area contributed by atoms with Gasteiger partial charge in [0.15, 0.2) is 5.25 Å². The molecule has 1 unspecified atom stereocenters. The standard InChI is InChI=1S/C7H9F3N2O2S/c1-5(4-11)15(13,14)12-6(2-3-6)7(8,9)10/h5,12H,2-3H2,1H3. The Hall–Kier alpha value is -0.810. The summed E-state index contributed by atoms with van der Waals surface area (Å²) >= 11 is 0. The van der Waals surface area contributed by atoms with Gasteiger partial charge in [0.25, 0.3) is 0 Å². The second-order valence-electron chi connectivity index (χ2n) is 3.50. The van der Waals surface area contributed by atoms with Crippen LogP contribution in [0.3, 0.4) is 0 Å². The summed E-state index contributed by atoms with van der Waals surface area (Å²) in [5, 5.41) is 6.85. The zero-order valence-corrected chi connectivity index (χ0v) is 8.61. The number of rotatable bonds is 3. The van der Waals surface area contributed by atoms with Crippen LogP contribution in [0.5, 0.6) is 0 Å². The lowest BCUT2D eigenvalue weighted by Crippen LogP contribution is -2.50. The molecule has 15 heavy (non-hydrogen) atoms. The fourth-order valence-corrected chi connectivity index (χ4v) is 2.18. The van der Waals surface area contributed by atoms with Gasteiger partial charge in [0.05, 0.1) is 6.07 Å². The first kappa shape index (κ1) is 12.3. The Balaban J connectivity index is 2.85. The lowest BCUT2D eigenvalue weighted by atomic mass is 10.3. The number of hydrogen-bond acceptors (Lipinski definition) is 3. The second-order valence-corrected chi connectivity index (χ2v) is 5.50. The van der Waals surface area contributed by atoms with Gasteiger partial charge in [-0.25, -0.2) is 8.42 Å². The number of alkyl halides is 3. The van der Waals surface area contributed by atoms with Gasteiger partial charge in [-0.05, 0) is 19.8 Å². The van der Waals surface area contributed by atoms with E-state index in [1.807, 2.05) is 0 Å². The van der Waals surface area contributed by atoms with E-state index in [0.29, 0.717) is 0 Å². The molecule has 1 fully saturated rings.